The third-order valence-corrected chi connectivity index (χ3v) is 5.08. The first-order chi connectivity index (χ1) is 11.8. The molecule has 0 radical (unpaired) electrons. The molecule has 1 amide bonds. The Morgan fingerprint density at radius 1 is 1.40 bits per heavy atom. The second kappa shape index (κ2) is 7.00. The third kappa shape index (κ3) is 4.28. The lowest BCUT2D eigenvalue weighted by molar-refractivity contribution is -0.122. The summed E-state index contributed by atoms with van der Waals surface area (Å²) < 4.78 is 1.85. The second-order valence-corrected chi connectivity index (χ2v) is 7.92. The topological polar surface area (TPSA) is 50.2 Å². The molecule has 1 atom stereocenters. The number of rotatable bonds is 5. The van der Waals surface area contributed by atoms with Crippen molar-refractivity contribution in [2.75, 3.05) is 19.6 Å². The Labute approximate surface area is 150 Å². The molecule has 134 valence electrons. The molecule has 1 aliphatic rings. The van der Waals surface area contributed by atoms with Gasteiger partial charge in [-0.3, -0.25) is 14.4 Å². The van der Waals surface area contributed by atoms with E-state index in [1.165, 1.54) is 11.1 Å². The Bertz CT molecular complexity index is 750. The van der Waals surface area contributed by atoms with E-state index in [0.29, 0.717) is 19.0 Å². The van der Waals surface area contributed by atoms with Gasteiger partial charge in [-0.05, 0) is 23.5 Å². The van der Waals surface area contributed by atoms with Gasteiger partial charge >= 0.3 is 0 Å². The maximum atomic E-state index is 12.3. The first-order valence-corrected chi connectivity index (χ1v) is 8.86. The van der Waals surface area contributed by atoms with Gasteiger partial charge in [0, 0.05) is 38.8 Å². The minimum absolute atomic E-state index is 0.0872. The number of carbonyl (C=O) groups is 1. The van der Waals surface area contributed by atoms with Crippen molar-refractivity contribution >= 4 is 5.91 Å². The van der Waals surface area contributed by atoms with Crippen LogP contribution in [0, 0.1) is 12.3 Å². The molecule has 2 heterocycles. The summed E-state index contributed by atoms with van der Waals surface area (Å²) in [7, 11) is 1.95. The van der Waals surface area contributed by atoms with Gasteiger partial charge in [0.1, 0.15) is 0 Å². The average Bonchev–Trinajstić information content (AvgIpc) is 3.08. The van der Waals surface area contributed by atoms with Crippen molar-refractivity contribution in [1.29, 1.82) is 0 Å². The summed E-state index contributed by atoms with van der Waals surface area (Å²) in [6, 6.07) is 8.25. The highest BCUT2D eigenvalue weighted by Crippen LogP contribution is 2.41. The number of likely N-dealkylation sites (tertiary alicyclic amines) is 1. The summed E-state index contributed by atoms with van der Waals surface area (Å²) in [5, 5.41) is 7.34. The maximum Gasteiger partial charge on any atom is 0.234 e. The van der Waals surface area contributed by atoms with E-state index in [0.717, 1.165) is 18.7 Å². The first kappa shape index (κ1) is 17.7. The maximum absolute atomic E-state index is 12.3. The molecular weight excluding hydrogens is 312 g/mol. The van der Waals surface area contributed by atoms with Crippen molar-refractivity contribution in [2.24, 2.45) is 12.5 Å². The zero-order chi connectivity index (χ0) is 18.0. The highest BCUT2D eigenvalue weighted by atomic mass is 16.2. The summed E-state index contributed by atoms with van der Waals surface area (Å²) in [6.07, 6.45) is 4.04. The molecule has 0 bridgehead atoms. The predicted molar refractivity (Wildman–Crippen MR) is 99.2 cm³/mol. The van der Waals surface area contributed by atoms with E-state index < -0.39 is 0 Å². The van der Waals surface area contributed by atoms with Crippen LogP contribution in [-0.4, -0.2) is 40.2 Å². The number of nitrogens with zero attached hydrogens (tertiary/aromatic N) is 3. The van der Waals surface area contributed by atoms with Crippen LogP contribution in [-0.2, 0) is 18.4 Å². The number of hydrogen-bond acceptors (Lipinski definition) is 3. The van der Waals surface area contributed by atoms with E-state index in [4.69, 9.17) is 0 Å². The zero-order valence-corrected chi connectivity index (χ0v) is 15.6. The highest BCUT2D eigenvalue weighted by Gasteiger charge is 2.41. The van der Waals surface area contributed by atoms with Gasteiger partial charge in [0.05, 0.1) is 12.7 Å². The molecule has 0 spiro atoms. The molecule has 2 aromatic rings. The smallest absolute Gasteiger partial charge is 0.234 e. The van der Waals surface area contributed by atoms with Crippen LogP contribution in [0.25, 0.3) is 0 Å². The van der Waals surface area contributed by atoms with Crippen molar-refractivity contribution in [2.45, 2.75) is 33.2 Å². The lowest BCUT2D eigenvalue weighted by Gasteiger charge is -2.24. The number of hydrogen-bond donors (Lipinski definition) is 1. The van der Waals surface area contributed by atoms with Crippen molar-refractivity contribution in [3.8, 4) is 0 Å². The van der Waals surface area contributed by atoms with Gasteiger partial charge in [-0.2, -0.15) is 5.10 Å². The molecule has 1 aromatic heterocycles. The zero-order valence-electron chi connectivity index (χ0n) is 15.6. The van der Waals surface area contributed by atoms with Gasteiger partial charge in [0.2, 0.25) is 5.91 Å². The summed E-state index contributed by atoms with van der Waals surface area (Å²) >= 11 is 0. The van der Waals surface area contributed by atoms with Crippen LogP contribution < -0.4 is 5.32 Å². The quantitative estimate of drug-likeness (QED) is 0.910. The summed E-state index contributed by atoms with van der Waals surface area (Å²) in [4.78, 5) is 14.6. The number of aromatic nitrogens is 2. The van der Waals surface area contributed by atoms with Crippen molar-refractivity contribution in [3.05, 3.63) is 53.3 Å². The summed E-state index contributed by atoms with van der Waals surface area (Å²) in [6.45, 7) is 9.47. The standard InChI is InChI=1S/C20H28N4O/c1-15-6-5-7-16(8-15)9-21-19(25)13-24-12-18(20(2,3)14-24)17-10-22-23(4)11-17/h5-8,10-11,18H,9,12-14H2,1-4H3,(H,21,25)/t18-/m1/s1. The first-order valence-electron chi connectivity index (χ1n) is 8.86. The fourth-order valence-corrected chi connectivity index (χ4v) is 3.84. The SMILES string of the molecule is Cc1cccc(CNC(=O)CN2C[C@H](c3cnn(C)c3)C(C)(C)C2)c1. The van der Waals surface area contributed by atoms with E-state index >= 15 is 0 Å². The molecule has 3 rings (SSSR count). The largest absolute Gasteiger partial charge is 0.351 e. The Hall–Kier alpha value is -2.14. The minimum Gasteiger partial charge on any atom is -0.351 e. The molecule has 5 nitrogen and oxygen atoms in total. The molecule has 1 aliphatic heterocycles. The van der Waals surface area contributed by atoms with Gasteiger partial charge in [-0.1, -0.05) is 43.7 Å². The molecule has 1 fully saturated rings. The van der Waals surface area contributed by atoms with Gasteiger partial charge in [-0.25, -0.2) is 0 Å². The lowest BCUT2D eigenvalue weighted by Crippen LogP contribution is -2.36. The van der Waals surface area contributed by atoms with Gasteiger partial charge in [0.25, 0.3) is 0 Å². The number of nitrogens with one attached hydrogen (secondary N) is 1. The Morgan fingerprint density at radius 2 is 2.20 bits per heavy atom. The minimum atomic E-state index is 0.0872. The summed E-state index contributed by atoms with van der Waals surface area (Å²) in [5.74, 6) is 0.495. The Balaban J connectivity index is 1.55. The van der Waals surface area contributed by atoms with Crippen LogP contribution in [0.15, 0.2) is 36.7 Å². The van der Waals surface area contributed by atoms with E-state index in [2.05, 4.69) is 54.4 Å². The number of amides is 1. The molecule has 1 saturated heterocycles. The van der Waals surface area contributed by atoms with E-state index in [1.54, 1.807) is 0 Å². The fourth-order valence-electron chi connectivity index (χ4n) is 3.84. The highest BCUT2D eigenvalue weighted by molar-refractivity contribution is 5.78. The molecule has 1 N–H and O–H groups in total. The summed E-state index contributed by atoms with van der Waals surface area (Å²) in [5.41, 5.74) is 3.76. The van der Waals surface area contributed by atoms with Crippen molar-refractivity contribution in [3.63, 3.8) is 0 Å². The molecule has 0 saturated carbocycles. The molecule has 0 aliphatic carbocycles. The predicted octanol–water partition coefficient (Wildman–Crippen LogP) is 2.47. The van der Waals surface area contributed by atoms with Crippen LogP contribution in [0.5, 0.6) is 0 Å². The van der Waals surface area contributed by atoms with Crippen molar-refractivity contribution < 1.29 is 4.79 Å². The molecule has 25 heavy (non-hydrogen) atoms. The van der Waals surface area contributed by atoms with Crippen LogP contribution >= 0.6 is 0 Å². The second-order valence-electron chi connectivity index (χ2n) is 7.92. The normalized spacial score (nSPS) is 19.9. The molecular formula is C20H28N4O. The number of benzene rings is 1. The van der Waals surface area contributed by atoms with Crippen LogP contribution in [0.4, 0.5) is 0 Å². The molecule has 0 unspecified atom stereocenters. The fraction of sp³-hybridized carbons (Fsp3) is 0.500. The van der Waals surface area contributed by atoms with Crippen LogP contribution in [0.2, 0.25) is 0 Å². The molecule has 1 aromatic carbocycles. The van der Waals surface area contributed by atoms with E-state index in [9.17, 15) is 4.79 Å². The van der Waals surface area contributed by atoms with Crippen LogP contribution in [0.1, 0.15) is 36.5 Å². The number of carbonyl (C=O) groups excluding carboxylic acids is 1. The van der Waals surface area contributed by atoms with Crippen molar-refractivity contribution in [1.82, 2.24) is 20.0 Å². The average molecular weight is 340 g/mol. The Kier molecular flexibility index (Phi) is 4.95. The molecule has 5 heteroatoms. The van der Waals surface area contributed by atoms with Gasteiger partial charge in [-0.15, -0.1) is 0 Å². The van der Waals surface area contributed by atoms with E-state index in [1.807, 2.05) is 30.1 Å². The lowest BCUT2D eigenvalue weighted by atomic mass is 9.79. The van der Waals surface area contributed by atoms with Gasteiger partial charge in [0.15, 0.2) is 0 Å². The van der Waals surface area contributed by atoms with Crippen LogP contribution in [0.3, 0.4) is 0 Å². The van der Waals surface area contributed by atoms with E-state index in [-0.39, 0.29) is 11.3 Å². The van der Waals surface area contributed by atoms with Gasteiger partial charge < -0.3 is 5.32 Å². The number of aryl methyl sites for hydroxylation is 2. The Morgan fingerprint density at radius 3 is 2.88 bits per heavy atom. The monoisotopic (exact) mass is 340 g/mol. The third-order valence-electron chi connectivity index (χ3n) is 5.08.